The third-order valence-corrected chi connectivity index (χ3v) is 6.36. The molecule has 1 saturated carbocycles. The summed E-state index contributed by atoms with van der Waals surface area (Å²) in [6, 6.07) is 15.4. The van der Waals surface area contributed by atoms with Crippen LogP contribution in [-0.2, 0) is 5.54 Å². The number of rotatable bonds is 3. The van der Waals surface area contributed by atoms with Crippen LogP contribution in [0.3, 0.4) is 0 Å². The molecule has 30 heavy (non-hydrogen) atoms. The number of nitriles is 2. The molecule has 0 spiro atoms. The van der Waals surface area contributed by atoms with Gasteiger partial charge in [0, 0.05) is 15.5 Å². The van der Waals surface area contributed by atoms with Gasteiger partial charge in [-0.25, -0.2) is 0 Å². The molecule has 2 aliphatic rings. The Morgan fingerprint density at radius 1 is 1.27 bits per heavy atom. The molecule has 0 aromatic heterocycles. The molecule has 1 fully saturated rings. The molecule has 0 N–H and O–H groups in total. The molecule has 0 bridgehead atoms. The van der Waals surface area contributed by atoms with Crippen LogP contribution in [0.2, 0.25) is 5.02 Å². The standard InChI is InChI=1S/C22H15ClN4O3/c1-2-15-11-21(12-24,13-25)20-22(15,27(29)30)17-10-16(23)8-9-18(17)26(20)19(28)14-6-4-3-5-7-14/h2-10,15,20H,1,11H2/t15?,20?,22-/m1/s1. The average Bonchev–Trinajstić information content (AvgIpc) is 3.23. The van der Waals surface area contributed by atoms with Gasteiger partial charge in [-0.2, -0.15) is 10.5 Å². The van der Waals surface area contributed by atoms with Crippen LogP contribution in [0.4, 0.5) is 5.69 Å². The number of amides is 1. The van der Waals surface area contributed by atoms with Crippen molar-refractivity contribution in [2.45, 2.75) is 18.0 Å². The third kappa shape index (κ3) is 2.27. The zero-order valence-electron chi connectivity index (χ0n) is 15.7. The van der Waals surface area contributed by atoms with E-state index in [1.165, 1.54) is 29.2 Å². The number of benzene rings is 2. The molecule has 1 heterocycles. The largest absolute Gasteiger partial charge is 0.294 e. The van der Waals surface area contributed by atoms with Crippen molar-refractivity contribution in [2.75, 3.05) is 4.90 Å². The van der Waals surface area contributed by atoms with Gasteiger partial charge >= 0.3 is 0 Å². The van der Waals surface area contributed by atoms with Gasteiger partial charge in [0.05, 0.1) is 29.3 Å². The summed E-state index contributed by atoms with van der Waals surface area (Å²) in [5.74, 6) is -1.37. The van der Waals surface area contributed by atoms with Gasteiger partial charge in [-0.15, -0.1) is 6.58 Å². The first-order chi connectivity index (χ1) is 14.4. The van der Waals surface area contributed by atoms with Gasteiger partial charge in [-0.1, -0.05) is 35.9 Å². The van der Waals surface area contributed by atoms with Crippen molar-refractivity contribution in [3.8, 4) is 12.1 Å². The molecule has 3 atom stereocenters. The van der Waals surface area contributed by atoms with E-state index in [9.17, 15) is 25.4 Å². The van der Waals surface area contributed by atoms with Crippen molar-refractivity contribution in [1.82, 2.24) is 0 Å². The molecular weight excluding hydrogens is 404 g/mol. The molecule has 1 aliphatic heterocycles. The van der Waals surface area contributed by atoms with Crippen LogP contribution < -0.4 is 4.90 Å². The molecule has 2 aromatic carbocycles. The van der Waals surface area contributed by atoms with Crippen molar-refractivity contribution in [3.05, 3.63) is 87.4 Å². The molecular formula is C22H15ClN4O3. The molecule has 148 valence electrons. The molecule has 0 saturated heterocycles. The zero-order chi connectivity index (χ0) is 21.7. The smallest absolute Gasteiger partial charge is 0.278 e. The number of nitro groups is 1. The number of fused-ring (bicyclic) bond motifs is 3. The van der Waals surface area contributed by atoms with Gasteiger partial charge in [0.15, 0.2) is 5.41 Å². The molecule has 1 aliphatic carbocycles. The van der Waals surface area contributed by atoms with E-state index in [1.54, 1.807) is 30.3 Å². The number of halogens is 1. The van der Waals surface area contributed by atoms with Crippen LogP contribution in [0.1, 0.15) is 22.3 Å². The van der Waals surface area contributed by atoms with Crippen LogP contribution in [0, 0.1) is 44.1 Å². The maximum absolute atomic E-state index is 13.5. The van der Waals surface area contributed by atoms with E-state index in [-0.39, 0.29) is 22.7 Å². The summed E-state index contributed by atoms with van der Waals surface area (Å²) in [5.41, 5.74) is -2.91. The van der Waals surface area contributed by atoms with Gasteiger partial charge in [-0.3, -0.25) is 19.8 Å². The quantitative estimate of drug-likeness (QED) is 0.423. The summed E-state index contributed by atoms with van der Waals surface area (Å²) in [4.78, 5) is 26.9. The van der Waals surface area contributed by atoms with E-state index in [1.807, 2.05) is 12.1 Å². The van der Waals surface area contributed by atoms with E-state index in [4.69, 9.17) is 11.6 Å². The maximum Gasteiger partial charge on any atom is 0.278 e. The van der Waals surface area contributed by atoms with E-state index < -0.39 is 33.7 Å². The molecule has 7 nitrogen and oxygen atoms in total. The van der Waals surface area contributed by atoms with Crippen molar-refractivity contribution in [1.29, 1.82) is 10.5 Å². The summed E-state index contributed by atoms with van der Waals surface area (Å²) in [7, 11) is 0. The SMILES string of the molecule is C=CC1CC(C#N)(C#N)C2N(C(=O)c3ccccc3)c3ccc(Cl)cc3[C@]12[N+](=O)[O-]. The number of hydrogen-bond acceptors (Lipinski definition) is 5. The predicted octanol–water partition coefficient (Wildman–Crippen LogP) is 4.08. The summed E-state index contributed by atoms with van der Waals surface area (Å²) >= 11 is 6.17. The molecule has 2 aromatic rings. The molecule has 2 unspecified atom stereocenters. The van der Waals surface area contributed by atoms with E-state index in [0.717, 1.165) is 0 Å². The van der Waals surface area contributed by atoms with Crippen molar-refractivity contribution >= 4 is 23.2 Å². The van der Waals surface area contributed by atoms with E-state index in [2.05, 4.69) is 6.58 Å². The number of carbonyl (C=O) groups is 1. The van der Waals surface area contributed by atoms with Crippen molar-refractivity contribution < 1.29 is 9.72 Å². The summed E-state index contributed by atoms with van der Waals surface area (Å²) < 4.78 is 0. The minimum absolute atomic E-state index is 0.111. The Balaban J connectivity index is 2.09. The lowest BCUT2D eigenvalue weighted by Crippen LogP contribution is -2.55. The normalized spacial score (nSPS) is 25.5. The number of anilines is 1. The summed E-state index contributed by atoms with van der Waals surface area (Å²) in [6.07, 6.45) is 1.28. The highest BCUT2D eigenvalue weighted by Gasteiger charge is 2.78. The Labute approximate surface area is 177 Å². The number of nitrogens with zero attached hydrogens (tertiary/aromatic N) is 4. The van der Waals surface area contributed by atoms with E-state index in [0.29, 0.717) is 5.56 Å². The highest BCUT2D eigenvalue weighted by molar-refractivity contribution is 6.30. The first-order valence-electron chi connectivity index (χ1n) is 9.15. The minimum Gasteiger partial charge on any atom is -0.294 e. The lowest BCUT2D eigenvalue weighted by molar-refractivity contribution is -0.585. The lowest BCUT2D eigenvalue weighted by atomic mass is 9.78. The topological polar surface area (TPSA) is 111 Å². The monoisotopic (exact) mass is 418 g/mol. The Morgan fingerprint density at radius 3 is 2.50 bits per heavy atom. The Hall–Kier alpha value is -3.68. The molecule has 1 amide bonds. The fourth-order valence-electron chi connectivity index (χ4n) is 4.92. The van der Waals surface area contributed by atoms with Gasteiger partial charge in [0.2, 0.25) is 0 Å². The van der Waals surface area contributed by atoms with E-state index >= 15 is 0 Å². The Kier molecular flexibility index (Phi) is 4.38. The zero-order valence-corrected chi connectivity index (χ0v) is 16.4. The fourth-order valence-corrected chi connectivity index (χ4v) is 5.09. The molecule has 4 rings (SSSR count). The van der Waals surface area contributed by atoms with Crippen LogP contribution >= 0.6 is 11.6 Å². The first-order valence-corrected chi connectivity index (χ1v) is 9.53. The highest BCUT2D eigenvalue weighted by atomic mass is 35.5. The van der Waals surface area contributed by atoms with Gasteiger partial charge < -0.3 is 0 Å². The molecule has 8 heteroatoms. The summed E-state index contributed by atoms with van der Waals surface area (Å²) in [5, 5.41) is 32.9. The molecule has 0 radical (unpaired) electrons. The minimum atomic E-state index is -1.90. The van der Waals surface area contributed by atoms with Crippen molar-refractivity contribution in [3.63, 3.8) is 0 Å². The van der Waals surface area contributed by atoms with Crippen molar-refractivity contribution in [2.24, 2.45) is 11.3 Å². The number of hydrogen-bond donors (Lipinski definition) is 0. The van der Waals surface area contributed by atoms with Crippen LogP contribution in [0.15, 0.2) is 61.2 Å². The second-order valence-electron chi connectivity index (χ2n) is 7.43. The van der Waals surface area contributed by atoms with Gasteiger partial charge in [-0.05, 0) is 36.8 Å². The second kappa shape index (κ2) is 6.69. The van der Waals surface area contributed by atoms with Crippen LogP contribution in [0.25, 0.3) is 0 Å². The van der Waals surface area contributed by atoms with Gasteiger partial charge in [0.1, 0.15) is 6.04 Å². The Morgan fingerprint density at radius 2 is 1.93 bits per heavy atom. The summed E-state index contributed by atoms with van der Waals surface area (Å²) in [6.45, 7) is 3.73. The highest BCUT2D eigenvalue weighted by Crippen LogP contribution is 2.63. The lowest BCUT2D eigenvalue weighted by Gasteiger charge is -2.32. The fraction of sp³-hybridized carbons (Fsp3) is 0.227. The maximum atomic E-state index is 13.5. The van der Waals surface area contributed by atoms with Gasteiger partial charge in [0.25, 0.3) is 11.4 Å². The first kappa shape index (κ1) is 19.6. The van der Waals surface area contributed by atoms with Crippen LogP contribution in [0.5, 0.6) is 0 Å². The second-order valence-corrected chi connectivity index (χ2v) is 7.87. The Bertz CT molecular complexity index is 1150. The predicted molar refractivity (Wildman–Crippen MR) is 109 cm³/mol. The van der Waals surface area contributed by atoms with Crippen LogP contribution in [-0.4, -0.2) is 16.9 Å². The number of carbonyl (C=O) groups excluding carboxylic acids is 1. The third-order valence-electron chi connectivity index (χ3n) is 6.12. The average molecular weight is 419 g/mol.